The zero-order valence-electron chi connectivity index (χ0n) is 16.4. The van der Waals surface area contributed by atoms with E-state index in [9.17, 15) is 0 Å². The summed E-state index contributed by atoms with van der Waals surface area (Å²) in [6.45, 7) is 2.66. The minimum atomic E-state index is -0.536. The van der Waals surface area contributed by atoms with Gasteiger partial charge in [0.2, 0.25) is 18.2 Å². The van der Waals surface area contributed by atoms with Gasteiger partial charge in [0.15, 0.2) is 0 Å². The highest BCUT2D eigenvalue weighted by atomic mass is 35.5. The Hall–Kier alpha value is -2.68. The molecule has 2 aromatic rings. The third-order valence-corrected chi connectivity index (χ3v) is 5.53. The number of nitrogens with two attached hydrogens (primary N) is 1. The molecule has 0 aromatic heterocycles. The van der Waals surface area contributed by atoms with Crippen molar-refractivity contribution in [3.8, 4) is 5.75 Å². The molecule has 1 atom stereocenters. The van der Waals surface area contributed by atoms with Crippen LogP contribution in [-0.4, -0.2) is 56.5 Å². The zero-order chi connectivity index (χ0) is 21.1. The second kappa shape index (κ2) is 8.99. The third-order valence-electron chi connectivity index (χ3n) is 4.79. The van der Waals surface area contributed by atoms with Gasteiger partial charge in [-0.2, -0.15) is 4.99 Å². The Morgan fingerprint density at radius 2 is 1.83 bits per heavy atom. The van der Waals surface area contributed by atoms with Gasteiger partial charge < -0.3 is 25.4 Å². The molecule has 4 rings (SSSR count). The molecule has 3 N–H and O–H groups in total. The average molecular weight is 449 g/mol. The van der Waals surface area contributed by atoms with Crippen LogP contribution in [0.15, 0.2) is 52.4 Å². The van der Waals surface area contributed by atoms with Crippen molar-refractivity contribution < 1.29 is 9.47 Å². The van der Waals surface area contributed by atoms with Crippen LogP contribution in [0.5, 0.6) is 5.75 Å². The number of rotatable bonds is 4. The molecule has 0 spiro atoms. The highest BCUT2D eigenvalue weighted by molar-refractivity contribution is 6.42. The number of nitrogens with zero attached hydrogens (tertiary/aromatic N) is 4. The summed E-state index contributed by atoms with van der Waals surface area (Å²) >= 11 is 12.2. The van der Waals surface area contributed by atoms with E-state index >= 15 is 0 Å². The van der Waals surface area contributed by atoms with Gasteiger partial charge in [0.1, 0.15) is 5.75 Å². The van der Waals surface area contributed by atoms with Gasteiger partial charge in [-0.25, -0.2) is 4.99 Å². The smallest absolute Gasteiger partial charge is 0.222 e. The first-order chi connectivity index (χ1) is 14.5. The van der Waals surface area contributed by atoms with E-state index in [2.05, 4.69) is 20.2 Å². The molecule has 30 heavy (non-hydrogen) atoms. The Balaban J connectivity index is 1.71. The largest absolute Gasteiger partial charge is 0.497 e. The molecule has 0 bridgehead atoms. The van der Waals surface area contributed by atoms with Crippen LogP contribution in [0.2, 0.25) is 10.0 Å². The number of benzene rings is 2. The Morgan fingerprint density at radius 1 is 1.10 bits per heavy atom. The third kappa shape index (κ3) is 4.40. The predicted octanol–water partition coefficient (Wildman–Crippen LogP) is 3.22. The molecule has 1 saturated heterocycles. The predicted molar refractivity (Wildman–Crippen MR) is 121 cm³/mol. The number of aliphatic imine (C=N–C) groups is 2. The molecule has 1 fully saturated rings. The minimum Gasteiger partial charge on any atom is -0.497 e. The lowest BCUT2D eigenvalue weighted by atomic mass is 10.2. The van der Waals surface area contributed by atoms with Crippen molar-refractivity contribution >= 4 is 46.5 Å². The molecule has 0 aliphatic carbocycles. The number of hydrogen-bond acceptors (Lipinski definition) is 8. The molecule has 2 aromatic carbocycles. The maximum Gasteiger partial charge on any atom is 0.222 e. The monoisotopic (exact) mass is 448 g/mol. The van der Waals surface area contributed by atoms with Gasteiger partial charge in [0, 0.05) is 24.5 Å². The lowest BCUT2D eigenvalue weighted by Crippen LogP contribution is -2.57. The van der Waals surface area contributed by atoms with Crippen LogP contribution in [0.4, 0.5) is 11.4 Å². The van der Waals surface area contributed by atoms with Crippen LogP contribution < -0.4 is 20.7 Å². The van der Waals surface area contributed by atoms with Crippen molar-refractivity contribution in [3.05, 3.63) is 52.5 Å². The first-order valence-corrected chi connectivity index (χ1v) is 10.2. The van der Waals surface area contributed by atoms with Gasteiger partial charge in [0.05, 0.1) is 30.4 Å². The second-order valence-corrected chi connectivity index (χ2v) is 7.53. The van der Waals surface area contributed by atoms with Crippen LogP contribution in [0.3, 0.4) is 0 Å². The summed E-state index contributed by atoms with van der Waals surface area (Å²) in [4.78, 5) is 13.2. The molecule has 2 aliphatic heterocycles. The van der Waals surface area contributed by atoms with Crippen LogP contribution in [-0.2, 0) is 4.74 Å². The fraction of sp³-hybridized carbons (Fsp3) is 0.300. The molecular formula is C20H22Cl2N6O2. The molecule has 0 radical (unpaired) electrons. The number of anilines is 2. The van der Waals surface area contributed by atoms with E-state index in [0.29, 0.717) is 42.3 Å². The number of ether oxygens (including phenoxy) is 2. The van der Waals surface area contributed by atoms with Crippen LogP contribution in [0, 0.1) is 0 Å². The SMILES string of the molecule is COc1ccc(N2C(N3CCOCC3)=NC(N)=NC2Nc2ccc(Cl)c(Cl)c2)cc1. The van der Waals surface area contributed by atoms with Gasteiger partial charge in [-0.05, 0) is 42.5 Å². The van der Waals surface area contributed by atoms with Crippen molar-refractivity contribution in [2.75, 3.05) is 43.6 Å². The number of morpholine rings is 1. The van der Waals surface area contributed by atoms with Gasteiger partial charge in [-0.1, -0.05) is 23.2 Å². The minimum absolute atomic E-state index is 0.193. The molecule has 2 heterocycles. The van der Waals surface area contributed by atoms with Crippen LogP contribution >= 0.6 is 23.2 Å². The number of nitrogens with one attached hydrogen (secondary N) is 1. The average Bonchev–Trinajstić information content (AvgIpc) is 2.77. The summed E-state index contributed by atoms with van der Waals surface area (Å²) in [7, 11) is 1.64. The summed E-state index contributed by atoms with van der Waals surface area (Å²) in [6, 6.07) is 13.0. The normalized spacial score (nSPS) is 19.2. The molecule has 1 unspecified atom stereocenters. The van der Waals surface area contributed by atoms with Gasteiger partial charge in [-0.3, -0.25) is 4.90 Å². The fourth-order valence-electron chi connectivity index (χ4n) is 3.30. The molecular weight excluding hydrogens is 427 g/mol. The summed E-state index contributed by atoms with van der Waals surface area (Å²) in [5.74, 6) is 1.66. The van der Waals surface area contributed by atoms with Gasteiger partial charge in [-0.15, -0.1) is 0 Å². The van der Waals surface area contributed by atoms with Gasteiger partial charge >= 0.3 is 0 Å². The molecule has 0 saturated carbocycles. The lowest BCUT2D eigenvalue weighted by molar-refractivity contribution is 0.0671. The topological polar surface area (TPSA) is 87.7 Å². The quantitative estimate of drug-likeness (QED) is 0.746. The summed E-state index contributed by atoms with van der Waals surface area (Å²) in [5, 5.41) is 4.31. The molecule has 8 nitrogen and oxygen atoms in total. The van der Waals surface area contributed by atoms with E-state index in [1.54, 1.807) is 19.2 Å². The first kappa shape index (κ1) is 20.6. The molecule has 10 heteroatoms. The summed E-state index contributed by atoms with van der Waals surface area (Å²) in [5.41, 5.74) is 7.73. The highest BCUT2D eigenvalue weighted by Gasteiger charge is 2.32. The Morgan fingerprint density at radius 3 is 2.50 bits per heavy atom. The first-order valence-electron chi connectivity index (χ1n) is 9.44. The molecule has 158 valence electrons. The fourth-order valence-corrected chi connectivity index (χ4v) is 3.59. The standard InChI is InChI=1S/C20H22Cl2N6O2/c1-29-15-5-3-14(4-6-15)28-19(24-13-2-7-16(21)17(22)12-13)25-18(23)26-20(28)27-8-10-30-11-9-27/h2-7,12,19,24H,8-11H2,1H3,(H2,23,25). The number of halogens is 2. The van der Waals surface area contributed by atoms with Gasteiger partial charge in [0.25, 0.3) is 0 Å². The Labute approximate surface area is 184 Å². The highest BCUT2D eigenvalue weighted by Crippen LogP contribution is 2.29. The second-order valence-electron chi connectivity index (χ2n) is 6.71. The van der Waals surface area contributed by atoms with Crippen molar-refractivity contribution in [2.45, 2.75) is 6.29 Å². The summed E-state index contributed by atoms with van der Waals surface area (Å²) in [6.07, 6.45) is -0.536. The Bertz CT molecular complexity index is 960. The van der Waals surface area contributed by atoms with Crippen molar-refractivity contribution in [1.29, 1.82) is 0 Å². The molecule has 2 aliphatic rings. The van der Waals surface area contributed by atoms with E-state index in [1.807, 2.05) is 35.2 Å². The maximum absolute atomic E-state index is 6.19. The van der Waals surface area contributed by atoms with E-state index in [4.69, 9.17) is 38.4 Å². The number of methoxy groups -OCH3 is 1. The van der Waals surface area contributed by atoms with E-state index in [1.165, 1.54) is 0 Å². The maximum atomic E-state index is 6.19. The van der Waals surface area contributed by atoms with E-state index in [-0.39, 0.29) is 5.96 Å². The van der Waals surface area contributed by atoms with Crippen LogP contribution in [0.25, 0.3) is 0 Å². The van der Waals surface area contributed by atoms with Crippen molar-refractivity contribution in [1.82, 2.24) is 4.90 Å². The zero-order valence-corrected chi connectivity index (χ0v) is 17.9. The number of guanidine groups is 2. The van der Waals surface area contributed by atoms with Crippen molar-refractivity contribution in [3.63, 3.8) is 0 Å². The summed E-state index contributed by atoms with van der Waals surface area (Å²) < 4.78 is 10.8. The number of hydrogen-bond donors (Lipinski definition) is 2. The van der Waals surface area contributed by atoms with E-state index < -0.39 is 6.29 Å². The van der Waals surface area contributed by atoms with Crippen molar-refractivity contribution in [2.24, 2.45) is 15.7 Å². The lowest BCUT2D eigenvalue weighted by Gasteiger charge is -2.41. The van der Waals surface area contributed by atoms with E-state index in [0.717, 1.165) is 17.1 Å². The molecule has 0 amide bonds. The Kier molecular flexibility index (Phi) is 6.17. The van der Waals surface area contributed by atoms with Crippen LogP contribution in [0.1, 0.15) is 0 Å².